The summed E-state index contributed by atoms with van der Waals surface area (Å²) in [4.78, 5) is 13.3. The fraction of sp³-hybridized carbons (Fsp3) is 0.333. The first-order valence-corrected chi connectivity index (χ1v) is 9.88. The van der Waals surface area contributed by atoms with Gasteiger partial charge in [0, 0.05) is 17.3 Å². The van der Waals surface area contributed by atoms with Crippen molar-refractivity contribution in [3.8, 4) is 11.8 Å². The van der Waals surface area contributed by atoms with Crippen molar-refractivity contribution in [2.75, 3.05) is 25.6 Å². The van der Waals surface area contributed by atoms with Crippen LogP contribution in [0.25, 0.3) is 0 Å². The van der Waals surface area contributed by atoms with Gasteiger partial charge in [-0.15, -0.1) is 11.8 Å². The summed E-state index contributed by atoms with van der Waals surface area (Å²) >= 11 is 1.63. The van der Waals surface area contributed by atoms with Crippen LogP contribution in [-0.2, 0) is 9.47 Å². The zero-order valence-electron chi connectivity index (χ0n) is 14.9. The molecule has 0 bridgehead atoms. The molecule has 140 valence electrons. The normalized spacial score (nSPS) is 15.9. The molecule has 1 fully saturated rings. The van der Waals surface area contributed by atoms with Gasteiger partial charge in [-0.25, -0.2) is 4.79 Å². The number of esters is 1. The molecule has 1 aliphatic rings. The number of hydrogen-bond donors (Lipinski definition) is 0. The van der Waals surface area contributed by atoms with Crippen LogP contribution in [0.5, 0.6) is 5.75 Å². The van der Waals surface area contributed by atoms with Crippen LogP contribution in [0.3, 0.4) is 0 Å². The van der Waals surface area contributed by atoms with Crippen LogP contribution in [0.15, 0.2) is 53.4 Å². The van der Waals surface area contributed by atoms with Crippen LogP contribution in [0.2, 0.25) is 0 Å². The van der Waals surface area contributed by atoms with Crippen molar-refractivity contribution in [2.24, 2.45) is 0 Å². The van der Waals surface area contributed by atoms with Crippen molar-refractivity contribution < 1.29 is 19.0 Å². The van der Waals surface area contributed by atoms with Crippen LogP contribution in [0, 0.1) is 11.3 Å². The van der Waals surface area contributed by atoms with E-state index in [2.05, 4.69) is 6.07 Å². The van der Waals surface area contributed by atoms with Gasteiger partial charge in [0.15, 0.2) is 0 Å². The number of rotatable bonds is 8. The largest absolute Gasteiger partial charge is 0.490 e. The number of nitriles is 1. The predicted octanol–water partition coefficient (Wildman–Crippen LogP) is 4.07. The van der Waals surface area contributed by atoms with E-state index >= 15 is 0 Å². The van der Waals surface area contributed by atoms with Gasteiger partial charge in [0.05, 0.1) is 23.3 Å². The second-order valence-corrected chi connectivity index (χ2v) is 7.12. The summed E-state index contributed by atoms with van der Waals surface area (Å²) in [5.41, 5.74) is 1.14. The van der Waals surface area contributed by atoms with E-state index in [1.54, 1.807) is 42.1 Å². The standard InChI is InChI=1S/C21H21NO4S/c22-14-16-7-9-17(10-8-16)25-12-13-26-21(23)19-5-1-2-6-20(19)27-15-18-4-3-11-24-18/h1-2,5-10,18H,3-4,11-13,15H2/t18-/m0/s1. The van der Waals surface area contributed by atoms with E-state index in [4.69, 9.17) is 19.5 Å². The quantitative estimate of drug-likeness (QED) is 0.389. The highest BCUT2D eigenvalue weighted by molar-refractivity contribution is 7.99. The fourth-order valence-corrected chi connectivity index (χ4v) is 3.83. The molecular weight excluding hydrogens is 362 g/mol. The third kappa shape index (κ3) is 5.75. The van der Waals surface area contributed by atoms with Gasteiger partial charge in [-0.05, 0) is 49.2 Å². The van der Waals surface area contributed by atoms with Crippen molar-refractivity contribution >= 4 is 17.7 Å². The first-order valence-electron chi connectivity index (χ1n) is 8.90. The Labute approximate surface area is 163 Å². The second kappa shape index (κ2) is 10.0. The lowest BCUT2D eigenvalue weighted by Crippen LogP contribution is -2.13. The van der Waals surface area contributed by atoms with Crippen LogP contribution in [0.4, 0.5) is 0 Å². The van der Waals surface area contributed by atoms with Crippen molar-refractivity contribution in [3.05, 3.63) is 59.7 Å². The van der Waals surface area contributed by atoms with Crippen LogP contribution in [0.1, 0.15) is 28.8 Å². The third-order valence-electron chi connectivity index (χ3n) is 4.12. The maximum absolute atomic E-state index is 12.4. The molecule has 0 saturated carbocycles. The minimum absolute atomic E-state index is 0.156. The highest BCUT2D eigenvalue weighted by Gasteiger charge is 2.18. The maximum Gasteiger partial charge on any atom is 0.339 e. The average Bonchev–Trinajstić information content (AvgIpc) is 3.24. The molecule has 0 radical (unpaired) electrons. The van der Waals surface area contributed by atoms with Gasteiger partial charge in [0.2, 0.25) is 0 Å². The van der Waals surface area contributed by atoms with E-state index in [0.717, 1.165) is 30.1 Å². The van der Waals surface area contributed by atoms with E-state index in [9.17, 15) is 4.79 Å². The fourth-order valence-electron chi connectivity index (χ4n) is 2.72. The first-order chi connectivity index (χ1) is 13.3. The molecule has 0 spiro atoms. The summed E-state index contributed by atoms with van der Waals surface area (Å²) in [6, 6.07) is 16.3. The monoisotopic (exact) mass is 383 g/mol. The van der Waals surface area contributed by atoms with E-state index in [0.29, 0.717) is 16.9 Å². The molecule has 0 amide bonds. The Bertz CT molecular complexity index is 795. The molecule has 1 aliphatic heterocycles. The molecule has 1 saturated heterocycles. The van der Waals surface area contributed by atoms with E-state index in [1.165, 1.54) is 0 Å². The topological polar surface area (TPSA) is 68.5 Å². The molecule has 0 aromatic heterocycles. The molecule has 0 aliphatic carbocycles. The summed E-state index contributed by atoms with van der Waals surface area (Å²) < 4.78 is 16.5. The number of ether oxygens (including phenoxy) is 3. The zero-order chi connectivity index (χ0) is 18.9. The SMILES string of the molecule is N#Cc1ccc(OCCOC(=O)c2ccccc2SC[C@@H]2CCCO2)cc1. The highest BCUT2D eigenvalue weighted by Crippen LogP contribution is 2.27. The Morgan fingerprint density at radius 3 is 2.74 bits per heavy atom. The Morgan fingerprint density at radius 1 is 1.19 bits per heavy atom. The first kappa shape index (κ1) is 19.3. The van der Waals surface area contributed by atoms with Gasteiger partial charge < -0.3 is 14.2 Å². The van der Waals surface area contributed by atoms with E-state index < -0.39 is 0 Å². The molecule has 3 rings (SSSR count). The number of nitrogens with zero attached hydrogens (tertiary/aromatic N) is 1. The van der Waals surface area contributed by atoms with Crippen molar-refractivity contribution in [3.63, 3.8) is 0 Å². The maximum atomic E-state index is 12.4. The lowest BCUT2D eigenvalue weighted by Gasteiger charge is -2.12. The van der Waals surface area contributed by atoms with Crippen molar-refractivity contribution in [2.45, 2.75) is 23.8 Å². The number of hydrogen-bond acceptors (Lipinski definition) is 6. The van der Waals surface area contributed by atoms with Crippen LogP contribution >= 0.6 is 11.8 Å². The molecule has 6 heteroatoms. The van der Waals surface area contributed by atoms with Gasteiger partial charge in [-0.3, -0.25) is 0 Å². The summed E-state index contributed by atoms with van der Waals surface area (Å²) in [7, 11) is 0. The number of benzene rings is 2. The zero-order valence-corrected chi connectivity index (χ0v) is 15.7. The molecule has 0 unspecified atom stereocenters. The second-order valence-electron chi connectivity index (χ2n) is 6.06. The Balaban J connectivity index is 1.46. The molecular formula is C21H21NO4S. The lowest BCUT2D eigenvalue weighted by molar-refractivity contribution is 0.0446. The third-order valence-corrected chi connectivity index (χ3v) is 5.33. The molecule has 5 nitrogen and oxygen atoms in total. The number of thioether (sulfide) groups is 1. The minimum atomic E-state index is -0.353. The molecule has 2 aromatic rings. The van der Waals surface area contributed by atoms with Crippen molar-refractivity contribution in [1.82, 2.24) is 0 Å². The predicted molar refractivity (Wildman–Crippen MR) is 103 cm³/mol. The molecule has 27 heavy (non-hydrogen) atoms. The molecule has 0 N–H and O–H groups in total. The number of carbonyl (C=O) groups is 1. The van der Waals surface area contributed by atoms with Gasteiger partial charge >= 0.3 is 5.97 Å². The summed E-state index contributed by atoms with van der Waals surface area (Å²) in [6.07, 6.45) is 2.44. The van der Waals surface area contributed by atoms with E-state index in [1.807, 2.05) is 18.2 Å². The van der Waals surface area contributed by atoms with E-state index in [-0.39, 0.29) is 25.3 Å². The van der Waals surface area contributed by atoms with Gasteiger partial charge in [-0.1, -0.05) is 12.1 Å². The summed E-state index contributed by atoms with van der Waals surface area (Å²) in [6.45, 7) is 1.24. The van der Waals surface area contributed by atoms with Gasteiger partial charge in [0.1, 0.15) is 19.0 Å². The molecule has 2 aromatic carbocycles. The van der Waals surface area contributed by atoms with Crippen LogP contribution in [-0.4, -0.2) is 37.6 Å². The highest BCUT2D eigenvalue weighted by atomic mass is 32.2. The summed E-state index contributed by atoms with van der Waals surface area (Å²) in [5.74, 6) is 1.12. The Hall–Kier alpha value is -2.49. The minimum Gasteiger partial charge on any atom is -0.490 e. The molecule has 1 heterocycles. The van der Waals surface area contributed by atoms with Crippen LogP contribution < -0.4 is 4.74 Å². The molecule has 1 atom stereocenters. The number of carbonyl (C=O) groups excluding carboxylic acids is 1. The summed E-state index contributed by atoms with van der Waals surface area (Å²) in [5, 5.41) is 8.78. The Kier molecular flexibility index (Phi) is 7.14. The smallest absolute Gasteiger partial charge is 0.339 e. The average molecular weight is 383 g/mol. The van der Waals surface area contributed by atoms with Gasteiger partial charge in [-0.2, -0.15) is 5.26 Å². The lowest BCUT2D eigenvalue weighted by atomic mass is 10.2. The Morgan fingerprint density at radius 2 is 2.00 bits per heavy atom. The van der Waals surface area contributed by atoms with Gasteiger partial charge in [0.25, 0.3) is 0 Å². The van der Waals surface area contributed by atoms with Crippen molar-refractivity contribution in [1.29, 1.82) is 5.26 Å².